The van der Waals surface area contributed by atoms with Gasteiger partial charge in [0.2, 0.25) is 5.91 Å². The van der Waals surface area contributed by atoms with Gasteiger partial charge in [0.1, 0.15) is 0 Å². The molecule has 2 atom stereocenters. The SMILES string of the molecule is CCCCCC/C=C\C/C=C\CCCCCCCCCC(=O)OCCCCCCCCCCCCCCCCCCCCCCCCCCCCCCCCCCCCCCCCCC(=O)NC(CO)C(O)/C=C/CCCCCCCCCCCCCCCCCCCCCCCCC. The number of hydrogen-bond acceptors (Lipinski definition) is 5. The molecule has 0 radical (unpaired) electrons. The average molecular weight is 1390 g/mol. The van der Waals surface area contributed by atoms with Crippen LogP contribution in [0.4, 0.5) is 0 Å². The first-order chi connectivity index (χ1) is 49.0. The van der Waals surface area contributed by atoms with Crippen molar-refractivity contribution in [2.45, 2.75) is 533 Å². The summed E-state index contributed by atoms with van der Waals surface area (Å²) in [6, 6.07) is -0.625. The van der Waals surface area contributed by atoms with E-state index in [-0.39, 0.29) is 18.5 Å². The van der Waals surface area contributed by atoms with Crippen LogP contribution in [0.15, 0.2) is 36.5 Å². The monoisotopic (exact) mass is 1390 g/mol. The van der Waals surface area contributed by atoms with Crippen LogP contribution < -0.4 is 5.32 Å². The number of amides is 1. The Kier molecular flexibility index (Phi) is 86.8. The molecule has 0 saturated carbocycles. The predicted octanol–water partition coefficient (Wildman–Crippen LogP) is 30.9. The Morgan fingerprint density at radius 3 is 0.778 bits per heavy atom. The molecule has 0 aliphatic rings. The second-order valence-electron chi connectivity index (χ2n) is 31.6. The number of aliphatic hydroxyl groups is 2. The van der Waals surface area contributed by atoms with Crippen LogP contribution in [0.1, 0.15) is 521 Å². The molecule has 2 unspecified atom stereocenters. The molecule has 6 heteroatoms. The van der Waals surface area contributed by atoms with Crippen molar-refractivity contribution in [2.75, 3.05) is 13.2 Å². The summed E-state index contributed by atoms with van der Waals surface area (Å²) < 4.78 is 5.52. The van der Waals surface area contributed by atoms with Gasteiger partial charge in [-0.05, 0) is 64.2 Å². The quantitative estimate of drug-likeness (QED) is 0.0320. The molecule has 586 valence electrons. The summed E-state index contributed by atoms with van der Waals surface area (Å²) >= 11 is 0. The minimum atomic E-state index is -0.842. The molecule has 0 bridgehead atoms. The summed E-state index contributed by atoms with van der Waals surface area (Å²) in [6.07, 6.45) is 118. The zero-order chi connectivity index (χ0) is 71.2. The molecule has 6 nitrogen and oxygen atoms in total. The minimum absolute atomic E-state index is 0.0176. The van der Waals surface area contributed by atoms with Gasteiger partial charge in [0.25, 0.3) is 0 Å². The first-order valence-electron chi connectivity index (χ1n) is 45.8. The standard InChI is InChI=1S/C93H179NO5/c1-3-5-7-9-11-13-15-17-19-21-23-24-25-41-44-47-50-53-57-61-65-69-73-77-81-85-91(96)90(89-95)94-92(97)86-82-78-74-70-66-62-58-54-51-48-45-42-39-37-35-33-31-29-27-26-28-30-32-34-36-38-40-43-46-49-52-56-60-64-68-72-76-80-84-88-99-93(98)87-83-79-75-71-67-63-59-55-22-20-18-16-14-12-10-8-6-4-2/h14,16,20,22,81,85,90-91,95-96H,3-13,15,17-19,21,23-80,82-84,86-89H2,1-2H3,(H,94,97)/b16-14-,22-20-,85-81+. The number of esters is 1. The highest BCUT2D eigenvalue weighted by atomic mass is 16.5. The molecule has 0 heterocycles. The minimum Gasteiger partial charge on any atom is -0.466 e. The lowest BCUT2D eigenvalue weighted by molar-refractivity contribution is -0.143. The first kappa shape index (κ1) is 97.1. The number of allylic oxidation sites excluding steroid dienone is 5. The fraction of sp³-hybridized carbons (Fsp3) is 0.914. The smallest absolute Gasteiger partial charge is 0.305 e. The molecular weight excluding hydrogens is 1210 g/mol. The van der Waals surface area contributed by atoms with Gasteiger partial charge in [0.05, 0.1) is 25.4 Å². The van der Waals surface area contributed by atoms with Crippen LogP contribution in [-0.4, -0.2) is 47.4 Å². The number of nitrogens with one attached hydrogen (secondary N) is 1. The third-order valence-electron chi connectivity index (χ3n) is 21.7. The molecule has 0 aliphatic heterocycles. The van der Waals surface area contributed by atoms with Crippen molar-refractivity contribution >= 4 is 11.9 Å². The van der Waals surface area contributed by atoms with E-state index in [0.717, 1.165) is 51.4 Å². The molecule has 0 aliphatic carbocycles. The van der Waals surface area contributed by atoms with E-state index >= 15 is 0 Å². The van der Waals surface area contributed by atoms with Crippen LogP contribution in [-0.2, 0) is 14.3 Å². The van der Waals surface area contributed by atoms with Crippen molar-refractivity contribution in [1.82, 2.24) is 5.32 Å². The second kappa shape index (κ2) is 88.5. The Bertz CT molecular complexity index is 1610. The predicted molar refractivity (Wildman–Crippen MR) is 439 cm³/mol. The van der Waals surface area contributed by atoms with Gasteiger partial charge in [-0.15, -0.1) is 0 Å². The molecule has 0 spiro atoms. The van der Waals surface area contributed by atoms with Crippen molar-refractivity contribution in [3.63, 3.8) is 0 Å². The van der Waals surface area contributed by atoms with Crippen molar-refractivity contribution in [2.24, 2.45) is 0 Å². The summed E-state index contributed by atoms with van der Waals surface area (Å²) in [7, 11) is 0. The zero-order valence-electron chi connectivity index (χ0n) is 67.5. The second-order valence-corrected chi connectivity index (χ2v) is 31.6. The van der Waals surface area contributed by atoms with Gasteiger partial charge < -0.3 is 20.3 Å². The van der Waals surface area contributed by atoms with Crippen molar-refractivity contribution in [3.05, 3.63) is 36.5 Å². The average Bonchev–Trinajstić information content (AvgIpc) is 2.05. The van der Waals surface area contributed by atoms with Gasteiger partial charge in [0, 0.05) is 12.8 Å². The topological polar surface area (TPSA) is 95.9 Å². The van der Waals surface area contributed by atoms with E-state index in [1.165, 1.54) is 443 Å². The van der Waals surface area contributed by atoms with E-state index in [1.54, 1.807) is 6.08 Å². The van der Waals surface area contributed by atoms with E-state index in [2.05, 4.69) is 43.5 Å². The van der Waals surface area contributed by atoms with Gasteiger partial charge in [0.15, 0.2) is 0 Å². The third kappa shape index (κ3) is 84.9. The van der Waals surface area contributed by atoms with Crippen LogP contribution in [0.2, 0.25) is 0 Å². The molecule has 0 aromatic heterocycles. The number of carbonyl (C=O) groups excluding carboxylic acids is 2. The van der Waals surface area contributed by atoms with Gasteiger partial charge in [-0.3, -0.25) is 9.59 Å². The maximum absolute atomic E-state index is 12.6. The Balaban J connectivity index is 3.32. The molecule has 3 N–H and O–H groups in total. The summed E-state index contributed by atoms with van der Waals surface area (Å²) in [5, 5.41) is 23.4. The lowest BCUT2D eigenvalue weighted by Gasteiger charge is -2.20. The molecule has 1 amide bonds. The van der Waals surface area contributed by atoms with E-state index in [4.69, 9.17) is 4.74 Å². The van der Waals surface area contributed by atoms with Gasteiger partial charge in [-0.1, -0.05) is 480 Å². The van der Waals surface area contributed by atoms with E-state index in [0.29, 0.717) is 19.4 Å². The van der Waals surface area contributed by atoms with E-state index < -0.39 is 12.1 Å². The normalized spacial score (nSPS) is 12.6. The molecule has 0 aromatic rings. The molecular formula is C93H179NO5. The van der Waals surface area contributed by atoms with Gasteiger partial charge in [-0.25, -0.2) is 0 Å². The van der Waals surface area contributed by atoms with Crippen molar-refractivity contribution in [3.8, 4) is 0 Å². The Morgan fingerprint density at radius 1 is 0.283 bits per heavy atom. The lowest BCUT2D eigenvalue weighted by atomic mass is 10.0. The molecule has 0 rings (SSSR count). The summed E-state index contributed by atoms with van der Waals surface area (Å²) in [4.78, 5) is 24.7. The highest BCUT2D eigenvalue weighted by Gasteiger charge is 2.18. The van der Waals surface area contributed by atoms with Crippen molar-refractivity contribution < 1.29 is 24.5 Å². The number of unbranched alkanes of at least 4 members (excludes halogenated alkanes) is 72. The number of hydrogen-bond donors (Lipinski definition) is 3. The maximum Gasteiger partial charge on any atom is 0.305 e. The highest BCUT2D eigenvalue weighted by molar-refractivity contribution is 5.76. The molecule has 0 fully saturated rings. The number of carbonyl (C=O) groups is 2. The Morgan fingerprint density at radius 2 is 0.505 bits per heavy atom. The summed E-state index contributed by atoms with van der Waals surface area (Å²) in [6.45, 7) is 4.95. The van der Waals surface area contributed by atoms with E-state index in [9.17, 15) is 19.8 Å². The van der Waals surface area contributed by atoms with Crippen LogP contribution in [0.5, 0.6) is 0 Å². The molecule has 0 aromatic carbocycles. The lowest BCUT2D eigenvalue weighted by Crippen LogP contribution is -2.45. The number of rotatable bonds is 87. The van der Waals surface area contributed by atoms with Crippen LogP contribution in [0, 0.1) is 0 Å². The zero-order valence-corrected chi connectivity index (χ0v) is 67.5. The largest absolute Gasteiger partial charge is 0.466 e. The fourth-order valence-corrected chi connectivity index (χ4v) is 14.7. The van der Waals surface area contributed by atoms with Crippen LogP contribution in [0.25, 0.3) is 0 Å². The number of aliphatic hydroxyl groups excluding tert-OH is 2. The maximum atomic E-state index is 12.6. The van der Waals surface area contributed by atoms with Gasteiger partial charge in [-0.2, -0.15) is 0 Å². The van der Waals surface area contributed by atoms with Crippen LogP contribution >= 0.6 is 0 Å². The summed E-state index contributed by atoms with van der Waals surface area (Å²) in [5.41, 5.74) is 0. The van der Waals surface area contributed by atoms with Crippen LogP contribution in [0.3, 0.4) is 0 Å². The molecule has 0 saturated heterocycles. The van der Waals surface area contributed by atoms with E-state index in [1.807, 2.05) is 6.08 Å². The Hall–Kier alpha value is -1.92. The highest BCUT2D eigenvalue weighted by Crippen LogP contribution is 2.21. The first-order valence-corrected chi connectivity index (χ1v) is 45.8. The Labute approximate surface area is 621 Å². The summed E-state index contributed by atoms with van der Waals surface area (Å²) in [5.74, 6) is -0.0383. The molecule has 99 heavy (non-hydrogen) atoms. The van der Waals surface area contributed by atoms with Crippen molar-refractivity contribution in [1.29, 1.82) is 0 Å². The number of ether oxygens (including phenoxy) is 1. The van der Waals surface area contributed by atoms with Gasteiger partial charge >= 0.3 is 5.97 Å². The third-order valence-corrected chi connectivity index (χ3v) is 21.7. The fourth-order valence-electron chi connectivity index (χ4n) is 14.7.